The number of hydrogen-bond donors (Lipinski definition) is 1. The van der Waals surface area contributed by atoms with E-state index in [4.69, 9.17) is 5.11 Å². The Labute approximate surface area is 215 Å². The maximum absolute atomic E-state index is 13.1. The third-order valence-electron chi connectivity index (χ3n) is 4.85. The number of fused-ring (bicyclic) bond motifs is 1. The average Bonchev–Trinajstić information content (AvgIpc) is 2.97. The number of carboxylic acid groups (broad SMARTS) is 1. The van der Waals surface area contributed by atoms with Crippen LogP contribution in [0, 0.1) is 11.7 Å². The van der Waals surface area contributed by atoms with Gasteiger partial charge in [-0.2, -0.15) is 26.3 Å². The number of hydrogen-bond acceptors (Lipinski definition) is 5. The predicted octanol–water partition coefficient (Wildman–Crippen LogP) is 7.25. The minimum atomic E-state index is -4.40. The van der Waals surface area contributed by atoms with Gasteiger partial charge in [-0.05, 0) is 68.4 Å². The van der Waals surface area contributed by atoms with Crippen molar-refractivity contribution in [1.82, 2.24) is 4.31 Å². The normalized spacial score (nSPS) is 14.8. The Morgan fingerprint density at radius 3 is 2.08 bits per heavy atom. The highest BCUT2D eigenvalue weighted by molar-refractivity contribution is 7.97. The van der Waals surface area contributed by atoms with E-state index < -0.39 is 30.3 Å². The summed E-state index contributed by atoms with van der Waals surface area (Å²) in [6.07, 6.45) is -9.08. The van der Waals surface area contributed by atoms with Crippen LogP contribution in [0.4, 0.5) is 42.1 Å². The molecule has 1 heterocycles. The van der Waals surface area contributed by atoms with E-state index in [1.165, 1.54) is 37.3 Å². The largest absolute Gasteiger partial charge is 0.481 e. The first-order valence-electron chi connectivity index (χ1n) is 11.0. The summed E-state index contributed by atoms with van der Waals surface area (Å²) < 4.78 is 91.1. The van der Waals surface area contributed by atoms with Crippen molar-refractivity contribution in [3.8, 4) is 0 Å². The van der Waals surface area contributed by atoms with Gasteiger partial charge in [0.15, 0.2) is 0 Å². The van der Waals surface area contributed by atoms with Gasteiger partial charge in [-0.15, -0.1) is 0 Å². The van der Waals surface area contributed by atoms with Crippen molar-refractivity contribution in [3.05, 3.63) is 53.8 Å². The van der Waals surface area contributed by atoms with Gasteiger partial charge in [-0.1, -0.05) is 6.92 Å². The number of anilines is 2. The van der Waals surface area contributed by atoms with Crippen molar-refractivity contribution in [1.29, 1.82) is 0 Å². The summed E-state index contributed by atoms with van der Waals surface area (Å²) in [6.45, 7) is 4.16. The molecule has 13 heteroatoms. The summed E-state index contributed by atoms with van der Waals surface area (Å²) in [7, 11) is 3.37. The number of rotatable bonds is 4. The summed E-state index contributed by atoms with van der Waals surface area (Å²) >= 11 is 1.40. The Kier molecular flexibility index (Phi) is 12.7. The van der Waals surface area contributed by atoms with Crippen molar-refractivity contribution in [2.24, 2.45) is 5.92 Å². The standard InChI is InChI=1S/C16H14F4N2S.C5H10O3.C3H5F3/c1-21-8-9-22(13-5-3-12(17)4-6-13)14-10-11(16(18,19)20)2-7-15(14)23-21;1-4(3-8-2)5(6)7;1-2-3(4,5)6/h2-7,10H,8-9H2,1H3;4H,3H2,1-2H3,(H,6,7);2H2,1H3. The second-order valence-electron chi connectivity index (χ2n) is 7.91. The van der Waals surface area contributed by atoms with Crippen LogP contribution in [0.15, 0.2) is 47.4 Å². The molecule has 2 aromatic carbocycles. The van der Waals surface area contributed by atoms with E-state index in [2.05, 4.69) is 4.74 Å². The van der Waals surface area contributed by atoms with Crippen LogP contribution in [-0.2, 0) is 15.7 Å². The molecule has 1 atom stereocenters. The number of carbonyl (C=O) groups is 1. The van der Waals surface area contributed by atoms with Crippen molar-refractivity contribution in [2.75, 3.05) is 38.8 Å². The van der Waals surface area contributed by atoms with Gasteiger partial charge in [0, 0.05) is 37.2 Å². The summed E-state index contributed by atoms with van der Waals surface area (Å²) in [5.41, 5.74) is 0.470. The average molecular weight is 559 g/mol. The highest BCUT2D eigenvalue weighted by Gasteiger charge is 2.32. The molecule has 3 rings (SSSR count). The lowest BCUT2D eigenvalue weighted by Crippen LogP contribution is -2.24. The fourth-order valence-corrected chi connectivity index (χ4v) is 3.67. The van der Waals surface area contributed by atoms with E-state index in [0.717, 1.165) is 24.0 Å². The number of alkyl halides is 6. The minimum Gasteiger partial charge on any atom is -0.481 e. The zero-order chi connectivity index (χ0) is 28.4. The molecule has 5 nitrogen and oxygen atoms in total. The van der Waals surface area contributed by atoms with E-state index in [9.17, 15) is 35.5 Å². The molecular formula is C24H29F7N2O3S. The number of aliphatic carboxylic acids is 1. The molecule has 0 fully saturated rings. The van der Waals surface area contributed by atoms with E-state index >= 15 is 0 Å². The lowest BCUT2D eigenvalue weighted by molar-refractivity contribution is -0.142. The monoisotopic (exact) mass is 558 g/mol. The molecule has 0 aromatic heterocycles. The molecule has 0 aliphatic carbocycles. The number of halogens is 7. The SMILES string of the molecule is CCC(F)(F)F.CN1CCN(c2ccc(F)cc2)c2cc(C(F)(F)F)ccc2S1.COCC(C)C(=O)O. The van der Waals surface area contributed by atoms with Crippen molar-refractivity contribution < 1.29 is 45.4 Å². The number of ether oxygens (including phenoxy) is 1. The fraction of sp³-hybridized carbons (Fsp3) is 0.458. The van der Waals surface area contributed by atoms with Gasteiger partial charge in [0.1, 0.15) is 5.82 Å². The zero-order valence-corrected chi connectivity index (χ0v) is 21.5. The van der Waals surface area contributed by atoms with Crippen LogP contribution < -0.4 is 4.90 Å². The second-order valence-corrected chi connectivity index (χ2v) is 9.16. The molecular weight excluding hydrogens is 529 g/mol. The van der Waals surface area contributed by atoms with E-state index in [1.54, 1.807) is 24.0 Å². The Morgan fingerprint density at radius 1 is 1.08 bits per heavy atom. The number of methoxy groups -OCH3 is 1. The fourth-order valence-electron chi connectivity index (χ4n) is 2.77. The van der Waals surface area contributed by atoms with Crippen molar-refractivity contribution >= 4 is 29.3 Å². The van der Waals surface area contributed by atoms with Crippen LogP contribution >= 0.6 is 11.9 Å². The Morgan fingerprint density at radius 2 is 1.65 bits per heavy atom. The van der Waals surface area contributed by atoms with Crippen LogP contribution in [0.5, 0.6) is 0 Å². The summed E-state index contributed by atoms with van der Waals surface area (Å²) in [5.74, 6) is -1.58. The van der Waals surface area contributed by atoms with Crippen molar-refractivity contribution in [3.63, 3.8) is 0 Å². The number of carboxylic acids is 1. The smallest absolute Gasteiger partial charge is 0.416 e. The quantitative estimate of drug-likeness (QED) is 0.315. The lowest BCUT2D eigenvalue weighted by Gasteiger charge is -2.25. The van der Waals surface area contributed by atoms with Gasteiger partial charge < -0.3 is 14.7 Å². The van der Waals surface area contributed by atoms with Crippen LogP contribution in [-0.4, -0.2) is 55.4 Å². The first-order valence-corrected chi connectivity index (χ1v) is 11.8. The molecule has 0 bridgehead atoms. The van der Waals surface area contributed by atoms with Crippen LogP contribution in [0.3, 0.4) is 0 Å². The third kappa shape index (κ3) is 11.6. The zero-order valence-electron chi connectivity index (χ0n) is 20.7. The topological polar surface area (TPSA) is 53.0 Å². The Hall–Kier alpha value is -2.51. The summed E-state index contributed by atoms with van der Waals surface area (Å²) in [4.78, 5) is 12.5. The number of nitrogens with zero attached hydrogens (tertiary/aromatic N) is 2. The first-order chi connectivity index (χ1) is 17.1. The summed E-state index contributed by atoms with van der Waals surface area (Å²) in [5, 5.41) is 8.23. The molecule has 2 aromatic rings. The van der Waals surface area contributed by atoms with Crippen molar-refractivity contribution in [2.45, 2.75) is 37.5 Å². The van der Waals surface area contributed by atoms with E-state index in [1.807, 2.05) is 11.4 Å². The van der Waals surface area contributed by atoms with Crippen LogP contribution in [0.1, 0.15) is 25.8 Å². The molecule has 0 radical (unpaired) electrons. The van der Waals surface area contributed by atoms with E-state index in [0.29, 0.717) is 24.5 Å². The van der Waals surface area contributed by atoms with Gasteiger partial charge in [-0.3, -0.25) is 4.79 Å². The second kappa shape index (κ2) is 14.4. The number of benzene rings is 2. The third-order valence-corrected chi connectivity index (χ3v) is 5.88. The first kappa shape index (κ1) is 32.5. The number of likely N-dealkylation sites (N-methyl/N-ethyl adjacent to an activating group) is 1. The molecule has 0 saturated carbocycles. The highest BCUT2D eigenvalue weighted by Crippen LogP contribution is 2.41. The molecule has 208 valence electrons. The predicted molar refractivity (Wildman–Crippen MR) is 128 cm³/mol. The maximum Gasteiger partial charge on any atom is 0.416 e. The van der Waals surface area contributed by atoms with Gasteiger partial charge in [0.05, 0.1) is 23.8 Å². The van der Waals surface area contributed by atoms with Gasteiger partial charge >= 0.3 is 18.3 Å². The molecule has 0 spiro atoms. The molecule has 1 N–H and O–H groups in total. The van der Waals surface area contributed by atoms with Gasteiger partial charge in [0.25, 0.3) is 0 Å². The van der Waals surface area contributed by atoms with Gasteiger partial charge in [-0.25, -0.2) is 8.70 Å². The minimum absolute atomic E-state index is 0.287. The van der Waals surface area contributed by atoms with Crippen LogP contribution in [0.25, 0.3) is 0 Å². The van der Waals surface area contributed by atoms with Gasteiger partial charge in [0.2, 0.25) is 0 Å². The summed E-state index contributed by atoms with van der Waals surface area (Å²) in [6, 6.07) is 9.51. The Balaban J connectivity index is 0.000000405. The molecule has 0 amide bonds. The Bertz CT molecular complexity index is 986. The lowest BCUT2D eigenvalue weighted by atomic mass is 10.1. The molecule has 1 unspecified atom stereocenters. The maximum atomic E-state index is 13.1. The molecule has 1 aliphatic heterocycles. The molecule has 1 aliphatic rings. The molecule has 37 heavy (non-hydrogen) atoms. The highest BCUT2D eigenvalue weighted by atomic mass is 32.2. The van der Waals surface area contributed by atoms with E-state index in [-0.39, 0.29) is 18.3 Å². The molecule has 0 saturated heterocycles. The van der Waals surface area contributed by atoms with Crippen LogP contribution in [0.2, 0.25) is 0 Å².